The zero-order valence-corrected chi connectivity index (χ0v) is 15.2. The minimum atomic E-state index is -0.775. The molecule has 1 aromatic carbocycles. The summed E-state index contributed by atoms with van der Waals surface area (Å²) in [5, 5.41) is 12.4. The molecule has 1 aromatic heterocycles. The molecule has 0 atom stereocenters. The average Bonchev–Trinajstić information content (AvgIpc) is 3.00. The molecule has 1 aliphatic rings. The number of aryl methyl sites for hydroxylation is 1. The van der Waals surface area contributed by atoms with Gasteiger partial charge in [0.15, 0.2) is 0 Å². The van der Waals surface area contributed by atoms with E-state index >= 15 is 0 Å². The van der Waals surface area contributed by atoms with Crippen LogP contribution in [0.5, 0.6) is 0 Å². The molecule has 1 heterocycles. The topological polar surface area (TPSA) is 65.7 Å². The molecular formula is C20H25FN2O3. The molecule has 0 amide bonds. The zero-order chi connectivity index (χ0) is 18.7. The fraction of sp³-hybridized carbons (Fsp3) is 0.450. The quantitative estimate of drug-likeness (QED) is 0.755. The lowest BCUT2D eigenvalue weighted by Crippen LogP contribution is -2.53. The van der Waals surface area contributed by atoms with Crippen LogP contribution in [0.2, 0.25) is 0 Å². The highest BCUT2D eigenvalue weighted by atomic mass is 19.1. The van der Waals surface area contributed by atoms with Gasteiger partial charge in [-0.2, -0.15) is 0 Å². The third kappa shape index (κ3) is 4.31. The summed E-state index contributed by atoms with van der Waals surface area (Å²) in [6, 6.07) is 9.23. The van der Waals surface area contributed by atoms with E-state index in [0.717, 1.165) is 42.0 Å². The summed E-state index contributed by atoms with van der Waals surface area (Å²) in [5.74, 6) is 0.556. The molecule has 5 nitrogen and oxygen atoms in total. The van der Waals surface area contributed by atoms with Gasteiger partial charge in [-0.05, 0) is 62.2 Å². The van der Waals surface area contributed by atoms with Gasteiger partial charge in [0, 0.05) is 17.6 Å². The standard InChI is InChI=1S/C20H25FN2O3/c1-3-23(12-20(24)25)16-9-15(10-16)22-11-17-5-7-19(26-17)18-6-4-14(21)8-13(18)2/h4-8,15-16,22H,3,9-12H2,1-2H3,(H,24,25). The minimum Gasteiger partial charge on any atom is -0.480 e. The summed E-state index contributed by atoms with van der Waals surface area (Å²) in [6.45, 7) is 5.34. The summed E-state index contributed by atoms with van der Waals surface area (Å²) in [4.78, 5) is 12.9. The molecule has 26 heavy (non-hydrogen) atoms. The van der Waals surface area contributed by atoms with Crippen LogP contribution in [0.25, 0.3) is 11.3 Å². The van der Waals surface area contributed by atoms with E-state index in [9.17, 15) is 9.18 Å². The van der Waals surface area contributed by atoms with E-state index in [2.05, 4.69) is 5.32 Å². The number of likely N-dealkylation sites (N-methyl/N-ethyl adjacent to an activating group) is 1. The second-order valence-corrected chi connectivity index (χ2v) is 6.89. The molecule has 2 N–H and O–H groups in total. The first kappa shape index (κ1) is 18.6. The molecular weight excluding hydrogens is 335 g/mol. The van der Waals surface area contributed by atoms with Crippen molar-refractivity contribution in [2.45, 2.75) is 45.3 Å². The van der Waals surface area contributed by atoms with Crippen molar-refractivity contribution in [2.75, 3.05) is 13.1 Å². The Labute approximate surface area is 152 Å². The van der Waals surface area contributed by atoms with Crippen LogP contribution < -0.4 is 5.32 Å². The van der Waals surface area contributed by atoms with Gasteiger partial charge >= 0.3 is 5.97 Å². The van der Waals surface area contributed by atoms with E-state index < -0.39 is 5.97 Å². The van der Waals surface area contributed by atoms with Gasteiger partial charge in [-0.3, -0.25) is 9.69 Å². The number of halogens is 1. The number of furan rings is 1. The lowest BCUT2D eigenvalue weighted by atomic mass is 9.85. The van der Waals surface area contributed by atoms with E-state index in [-0.39, 0.29) is 12.4 Å². The van der Waals surface area contributed by atoms with Gasteiger partial charge in [0.05, 0.1) is 13.1 Å². The Balaban J connectivity index is 1.50. The first-order chi connectivity index (χ1) is 12.5. The van der Waals surface area contributed by atoms with Gasteiger partial charge in [-0.15, -0.1) is 0 Å². The number of benzene rings is 1. The van der Waals surface area contributed by atoms with Gasteiger partial charge in [-0.25, -0.2) is 4.39 Å². The first-order valence-electron chi connectivity index (χ1n) is 9.00. The SMILES string of the molecule is CCN(CC(=O)O)C1CC(NCc2ccc(-c3ccc(F)cc3C)o2)C1. The maximum atomic E-state index is 13.2. The van der Waals surface area contributed by atoms with Gasteiger partial charge < -0.3 is 14.8 Å². The summed E-state index contributed by atoms with van der Waals surface area (Å²) >= 11 is 0. The number of carboxylic acids is 1. The summed E-state index contributed by atoms with van der Waals surface area (Å²) in [5.41, 5.74) is 1.74. The molecule has 1 fully saturated rings. The van der Waals surface area contributed by atoms with Crippen molar-refractivity contribution in [1.29, 1.82) is 0 Å². The largest absolute Gasteiger partial charge is 0.480 e. The smallest absolute Gasteiger partial charge is 0.317 e. The van der Waals surface area contributed by atoms with Crippen molar-refractivity contribution in [1.82, 2.24) is 10.2 Å². The van der Waals surface area contributed by atoms with Gasteiger partial charge in [0.1, 0.15) is 17.3 Å². The minimum absolute atomic E-state index is 0.104. The van der Waals surface area contributed by atoms with Crippen molar-refractivity contribution in [2.24, 2.45) is 0 Å². The van der Waals surface area contributed by atoms with Crippen LogP contribution in [0.3, 0.4) is 0 Å². The highest BCUT2D eigenvalue weighted by Gasteiger charge is 2.33. The van der Waals surface area contributed by atoms with Crippen LogP contribution in [0.4, 0.5) is 4.39 Å². The molecule has 6 heteroatoms. The highest BCUT2D eigenvalue weighted by Crippen LogP contribution is 2.28. The van der Waals surface area contributed by atoms with Crippen molar-refractivity contribution >= 4 is 5.97 Å². The number of aliphatic carboxylic acids is 1. The Bertz CT molecular complexity index is 768. The predicted molar refractivity (Wildman–Crippen MR) is 97.4 cm³/mol. The second kappa shape index (κ2) is 8.01. The monoisotopic (exact) mass is 360 g/mol. The first-order valence-corrected chi connectivity index (χ1v) is 9.00. The Kier molecular flexibility index (Phi) is 5.74. The number of carbonyl (C=O) groups is 1. The van der Waals surface area contributed by atoms with Gasteiger partial charge in [-0.1, -0.05) is 6.92 Å². The number of hydrogen-bond acceptors (Lipinski definition) is 4. The summed E-state index contributed by atoms with van der Waals surface area (Å²) < 4.78 is 19.1. The maximum absolute atomic E-state index is 13.2. The zero-order valence-electron chi connectivity index (χ0n) is 15.2. The number of nitrogens with one attached hydrogen (secondary N) is 1. The number of rotatable bonds is 8. The molecule has 1 saturated carbocycles. The van der Waals surface area contributed by atoms with Crippen LogP contribution in [-0.4, -0.2) is 41.1 Å². The van der Waals surface area contributed by atoms with E-state index in [1.54, 1.807) is 6.07 Å². The predicted octanol–water partition coefficient (Wildman–Crippen LogP) is 3.42. The van der Waals surface area contributed by atoms with Crippen LogP contribution >= 0.6 is 0 Å². The van der Waals surface area contributed by atoms with E-state index in [1.165, 1.54) is 12.1 Å². The van der Waals surface area contributed by atoms with Crippen molar-refractivity contribution in [3.8, 4) is 11.3 Å². The summed E-state index contributed by atoms with van der Waals surface area (Å²) in [6.07, 6.45) is 1.90. The normalized spacial score (nSPS) is 19.5. The molecule has 0 radical (unpaired) electrons. The summed E-state index contributed by atoms with van der Waals surface area (Å²) in [7, 11) is 0. The van der Waals surface area contributed by atoms with Crippen molar-refractivity contribution in [3.63, 3.8) is 0 Å². The number of carboxylic acid groups (broad SMARTS) is 1. The van der Waals surface area contributed by atoms with Gasteiger partial charge in [0.25, 0.3) is 0 Å². The van der Waals surface area contributed by atoms with E-state index in [0.29, 0.717) is 18.6 Å². The second-order valence-electron chi connectivity index (χ2n) is 6.89. The number of hydrogen-bond donors (Lipinski definition) is 2. The fourth-order valence-electron chi connectivity index (χ4n) is 3.49. The van der Waals surface area contributed by atoms with Crippen LogP contribution in [0.1, 0.15) is 31.1 Å². The highest BCUT2D eigenvalue weighted by molar-refractivity contribution is 5.69. The van der Waals surface area contributed by atoms with Crippen molar-refractivity contribution in [3.05, 3.63) is 47.5 Å². The van der Waals surface area contributed by atoms with E-state index in [4.69, 9.17) is 9.52 Å². The lowest BCUT2D eigenvalue weighted by molar-refractivity contribution is -0.139. The Morgan fingerprint density at radius 2 is 2.12 bits per heavy atom. The van der Waals surface area contributed by atoms with E-state index in [1.807, 2.05) is 30.9 Å². The van der Waals surface area contributed by atoms with Crippen LogP contribution in [0, 0.1) is 12.7 Å². The van der Waals surface area contributed by atoms with Crippen LogP contribution in [0.15, 0.2) is 34.7 Å². The number of nitrogens with zero attached hydrogens (tertiary/aromatic N) is 1. The fourth-order valence-corrected chi connectivity index (χ4v) is 3.49. The molecule has 3 rings (SSSR count). The average molecular weight is 360 g/mol. The Hall–Kier alpha value is -2.18. The third-order valence-electron chi connectivity index (χ3n) is 5.05. The van der Waals surface area contributed by atoms with Gasteiger partial charge in [0.2, 0.25) is 0 Å². The molecule has 0 spiro atoms. The molecule has 1 aliphatic carbocycles. The molecule has 0 unspecified atom stereocenters. The third-order valence-corrected chi connectivity index (χ3v) is 5.05. The van der Waals surface area contributed by atoms with Crippen LogP contribution in [-0.2, 0) is 11.3 Å². The molecule has 0 bridgehead atoms. The molecule has 0 saturated heterocycles. The lowest BCUT2D eigenvalue weighted by Gasteiger charge is -2.42. The maximum Gasteiger partial charge on any atom is 0.317 e. The Morgan fingerprint density at radius 3 is 2.77 bits per heavy atom. The molecule has 2 aromatic rings. The Morgan fingerprint density at radius 1 is 1.35 bits per heavy atom. The van der Waals surface area contributed by atoms with Crippen molar-refractivity contribution < 1.29 is 18.7 Å². The molecule has 140 valence electrons. The molecule has 0 aliphatic heterocycles.